The van der Waals surface area contributed by atoms with Crippen LogP contribution < -0.4 is 9.65 Å². The number of fused-ring (bicyclic) bond motifs is 14. The summed E-state index contributed by atoms with van der Waals surface area (Å²) in [6.45, 7) is 16.9. The molecule has 2 aliphatic carbocycles. The third-order valence-electron chi connectivity index (χ3n) is 13.3. The number of hydrogen-bond acceptors (Lipinski definition) is 7. The Hall–Kier alpha value is -5.56. The van der Waals surface area contributed by atoms with Crippen LogP contribution in [0.25, 0.3) is 66.1 Å². The molecular formula is C49H42BF3O7S. The third-order valence-corrected chi connectivity index (χ3v) is 14.3. The van der Waals surface area contributed by atoms with Gasteiger partial charge in [-0.2, -0.15) is 21.6 Å². The van der Waals surface area contributed by atoms with E-state index in [2.05, 4.69) is 88.2 Å². The van der Waals surface area contributed by atoms with E-state index in [0.29, 0.717) is 22.3 Å². The van der Waals surface area contributed by atoms with Crippen LogP contribution in [0.3, 0.4) is 0 Å². The van der Waals surface area contributed by atoms with Gasteiger partial charge in [0.1, 0.15) is 22.3 Å². The Balaban J connectivity index is 0.000000146. The van der Waals surface area contributed by atoms with Crippen molar-refractivity contribution in [1.82, 2.24) is 0 Å². The predicted molar refractivity (Wildman–Crippen MR) is 234 cm³/mol. The van der Waals surface area contributed by atoms with Gasteiger partial charge in [0.2, 0.25) is 0 Å². The summed E-state index contributed by atoms with van der Waals surface area (Å²) in [4.78, 5) is 0. The lowest BCUT2D eigenvalue weighted by Gasteiger charge is -2.32. The van der Waals surface area contributed by atoms with Crippen LogP contribution in [0.15, 0.2) is 118 Å². The molecule has 7 nitrogen and oxygen atoms in total. The number of para-hydroxylation sites is 2. The van der Waals surface area contributed by atoms with Gasteiger partial charge in [-0.15, -0.1) is 0 Å². The molecule has 0 spiro atoms. The first kappa shape index (κ1) is 39.6. The highest BCUT2D eigenvalue weighted by Gasteiger charge is 2.54. The fraction of sp³-hybridized carbons (Fsp3) is 0.265. The average Bonchev–Trinajstić information content (AvgIpc) is 3.93. The van der Waals surface area contributed by atoms with Gasteiger partial charge in [-0.1, -0.05) is 113 Å². The van der Waals surface area contributed by atoms with Crippen LogP contribution in [0.4, 0.5) is 13.2 Å². The molecule has 61 heavy (non-hydrogen) atoms. The second-order valence-corrected chi connectivity index (χ2v) is 19.7. The van der Waals surface area contributed by atoms with Gasteiger partial charge in [0.25, 0.3) is 0 Å². The molecule has 1 fully saturated rings. The molecule has 3 aliphatic rings. The molecule has 0 saturated carbocycles. The van der Waals surface area contributed by atoms with E-state index in [1.807, 2.05) is 50.2 Å². The Morgan fingerprint density at radius 3 is 1.49 bits per heavy atom. The van der Waals surface area contributed by atoms with Crippen molar-refractivity contribution in [3.63, 3.8) is 0 Å². The Morgan fingerprint density at radius 1 is 0.557 bits per heavy atom. The fourth-order valence-electron chi connectivity index (χ4n) is 9.73. The van der Waals surface area contributed by atoms with Crippen LogP contribution in [0.5, 0.6) is 5.75 Å². The second kappa shape index (κ2) is 12.7. The zero-order valence-electron chi connectivity index (χ0n) is 34.9. The van der Waals surface area contributed by atoms with Crippen LogP contribution in [-0.2, 0) is 30.3 Å². The number of halogens is 3. The van der Waals surface area contributed by atoms with E-state index in [1.165, 1.54) is 33.7 Å². The Bertz CT molecular complexity index is 3250. The van der Waals surface area contributed by atoms with E-state index in [4.69, 9.17) is 18.1 Å². The first-order valence-electron chi connectivity index (χ1n) is 20.2. The number of benzene rings is 6. The molecule has 12 heteroatoms. The summed E-state index contributed by atoms with van der Waals surface area (Å²) in [5, 5.41) is 3.90. The van der Waals surface area contributed by atoms with Crippen molar-refractivity contribution in [3.8, 4) is 28.0 Å². The molecule has 2 aromatic heterocycles. The Labute approximate surface area is 351 Å². The molecule has 8 aromatic rings. The average molecular weight is 843 g/mol. The zero-order chi connectivity index (χ0) is 43.2. The van der Waals surface area contributed by atoms with Crippen molar-refractivity contribution >= 4 is 66.6 Å². The standard InChI is InChI=1S/C27H27BO3.C22H15F3O4S/c1-25(2)18-13-9-7-11-16(18)22-19(28-30-26(3,4)27(5,6)31-28)15-21-23(24(22)25)17-12-8-10-14-20(17)29-21;1-21(2)14-9-5-3-7-12(14)18-17(29-30(26,27)22(23,24)25)11-16-19(20(18)21)13-8-4-6-10-15(13)28-16/h7-15H,1-6H3;3-11H,1-2H3. The number of rotatable bonds is 3. The second-order valence-electron chi connectivity index (χ2n) is 18.2. The molecule has 0 unspecified atom stereocenters. The van der Waals surface area contributed by atoms with Crippen LogP contribution in [0.2, 0.25) is 0 Å². The monoisotopic (exact) mass is 842 g/mol. The van der Waals surface area contributed by atoms with Crippen molar-refractivity contribution in [2.75, 3.05) is 0 Å². The minimum absolute atomic E-state index is 0.156. The summed E-state index contributed by atoms with van der Waals surface area (Å²) in [7, 11) is -6.30. The van der Waals surface area contributed by atoms with Gasteiger partial charge in [-0.05, 0) is 90.3 Å². The first-order valence-corrected chi connectivity index (χ1v) is 21.6. The molecular weight excluding hydrogens is 800 g/mol. The minimum Gasteiger partial charge on any atom is -0.456 e. The quantitative estimate of drug-likeness (QED) is 0.0994. The number of alkyl halides is 3. The topological polar surface area (TPSA) is 88.1 Å². The van der Waals surface area contributed by atoms with Crippen molar-refractivity contribution in [1.29, 1.82) is 0 Å². The number of furan rings is 2. The zero-order valence-corrected chi connectivity index (χ0v) is 35.7. The van der Waals surface area contributed by atoms with Crippen molar-refractivity contribution in [2.24, 2.45) is 0 Å². The minimum atomic E-state index is -5.85. The largest absolute Gasteiger partial charge is 0.534 e. The molecule has 0 amide bonds. The van der Waals surface area contributed by atoms with E-state index in [9.17, 15) is 21.6 Å². The summed E-state index contributed by atoms with van der Waals surface area (Å²) in [5.74, 6) is -0.396. The van der Waals surface area contributed by atoms with Gasteiger partial charge in [0.05, 0.1) is 11.2 Å². The lowest BCUT2D eigenvalue weighted by Crippen LogP contribution is -2.41. The smallest absolute Gasteiger partial charge is 0.456 e. The van der Waals surface area contributed by atoms with Gasteiger partial charge in [-0.3, -0.25) is 0 Å². The summed E-state index contributed by atoms with van der Waals surface area (Å²) in [5.41, 5.74) is 4.22. The molecule has 11 rings (SSSR count). The van der Waals surface area contributed by atoms with Crippen LogP contribution >= 0.6 is 0 Å². The van der Waals surface area contributed by atoms with Crippen LogP contribution in [0.1, 0.15) is 77.6 Å². The Kier molecular flexibility index (Phi) is 8.27. The molecule has 310 valence electrons. The maximum absolute atomic E-state index is 13.1. The highest BCUT2D eigenvalue weighted by molar-refractivity contribution is 7.88. The van der Waals surface area contributed by atoms with Gasteiger partial charge in [0, 0.05) is 44.0 Å². The molecule has 0 radical (unpaired) electrons. The predicted octanol–water partition coefficient (Wildman–Crippen LogP) is 12.3. The van der Waals surface area contributed by atoms with E-state index in [0.717, 1.165) is 38.4 Å². The van der Waals surface area contributed by atoms with Crippen LogP contribution in [-0.4, -0.2) is 32.2 Å². The molecule has 1 saturated heterocycles. The van der Waals surface area contributed by atoms with Gasteiger partial charge < -0.3 is 22.3 Å². The lowest BCUT2D eigenvalue weighted by atomic mass is 9.72. The Morgan fingerprint density at radius 2 is 0.984 bits per heavy atom. The van der Waals surface area contributed by atoms with E-state index in [-0.39, 0.29) is 11.0 Å². The first-order chi connectivity index (χ1) is 28.6. The maximum Gasteiger partial charge on any atom is 0.534 e. The SMILES string of the molecule is CC1(C)c2ccccc2-c2c(B3OC(C)(C)C(C)(C)O3)cc3oc4ccccc4c3c21.CC1(C)c2ccccc2-c2c(OS(=O)(=O)C(F)(F)F)cc3oc4ccccc4c3c21. The lowest BCUT2D eigenvalue weighted by molar-refractivity contribution is -0.0499. The molecule has 3 heterocycles. The summed E-state index contributed by atoms with van der Waals surface area (Å²) in [6, 6.07) is 34.9. The molecule has 0 bridgehead atoms. The van der Waals surface area contributed by atoms with E-state index < -0.39 is 45.1 Å². The van der Waals surface area contributed by atoms with E-state index >= 15 is 0 Å². The van der Waals surface area contributed by atoms with Crippen molar-refractivity contribution in [2.45, 2.75) is 82.9 Å². The molecule has 1 aliphatic heterocycles. The van der Waals surface area contributed by atoms with Gasteiger partial charge in [0.15, 0.2) is 5.75 Å². The molecule has 0 atom stereocenters. The number of hydrogen-bond donors (Lipinski definition) is 0. The summed E-state index contributed by atoms with van der Waals surface area (Å²) >= 11 is 0. The maximum atomic E-state index is 13.1. The molecule has 6 aromatic carbocycles. The normalized spacial score (nSPS) is 17.9. The van der Waals surface area contributed by atoms with Gasteiger partial charge in [-0.25, -0.2) is 0 Å². The molecule has 0 N–H and O–H groups in total. The highest BCUT2D eigenvalue weighted by atomic mass is 32.2. The van der Waals surface area contributed by atoms with Crippen molar-refractivity contribution in [3.05, 3.63) is 131 Å². The summed E-state index contributed by atoms with van der Waals surface area (Å²) < 4.78 is 92.7. The third kappa shape index (κ3) is 5.61. The fourth-order valence-corrected chi connectivity index (χ4v) is 10.2. The van der Waals surface area contributed by atoms with Gasteiger partial charge >= 0.3 is 22.7 Å². The van der Waals surface area contributed by atoms with Crippen LogP contribution in [0, 0.1) is 0 Å². The van der Waals surface area contributed by atoms with Crippen molar-refractivity contribution < 1.29 is 43.9 Å². The highest BCUT2D eigenvalue weighted by Crippen LogP contribution is 2.57. The summed E-state index contributed by atoms with van der Waals surface area (Å²) in [6.07, 6.45) is 0. The van der Waals surface area contributed by atoms with E-state index in [1.54, 1.807) is 24.3 Å².